The molecule has 1 aliphatic carbocycles. The molecule has 2 aliphatic rings. The minimum Gasteiger partial charge on any atom is -0.364 e. The highest BCUT2D eigenvalue weighted by atomic mass is 19.1. The SMILES string of the molecule is N#Cc1cc(F)c(N2CCCCCCCCCCC3CCCC2CC3)c(F)c1. The number of nitrogens with zero attached hydrogens (tertiary/aromatic N) is 2. The molecule has 2 atom stereocenters. The van der Waals surface area contributed by atoms with Crippen molar-refractivity contribution in [2.24, 2.45) is 5.92 Å². The van der Waals surface area contributed by atoms with E-state index in [-0.39, 0.29) is 17.3 Å². The fourth-order valence-corrected chi connectivity index (χ4v) is 5.12. The fourth-order valence-electron chi connectivity index (χ4n) is 5.12. The number of hydrogen-bond donors (Lipinski definition) is 0. The Labute approximate surface area is 168 Å². The summed E-state index contributed by atoms with van der Waals surface area (Å²) in [6, 6.07) is 4.43. The summed E-state index contributed by atoms with van der Waals surface area (Å²) in [6.07, 6.45) is 16.8. The number of fused-ring (bicyclic) bond motifs is 3. The van der Waals surface area contributed by atoms with E-state index in [9.17, 15) is 8.78 Å². The normalized spacial score (nSPS) is 25.4. The second-order valence-corrected chi connectivity index (χ2v) is 8.74. The highest BCUT2D eigenvalue weighted by Gasteiger charge is 2.28. The predicted molar refractivity (Wildman–Crippen MR) is 110 cm³/mol. The minimum atomic E-state index is -0.588. The Bertz CT molecular complexity index is 644. The van der Waals surface area contributed by atoms with Gasteiger partial charge >= 0.3 is 0 Å². The summed E-state index contributed by atoms with van der Waals surface area (Å²) in [5.41, 5.74) is 0.143. The molecule has 1 heterocycles. The number of hydrogen-bond acceptors (Lipinski definition) is 2. The molecule has 2 nitrogen and oxygen atoms in total. The number of rotatable bonds is 1. The molecule has 1 saturated heterocycles. The first-order valence-corrected chi connectivity index (χ1v) is 11.3. The molecule has 154 valence electrons. The van der Waals surface area contributed by atoms with Gasteiger partial charge in [0.1, 0.15) is 5.69 Å². The van der Waals surface area contributed by atoms with Gasteiger partial charge in [-0.25, -0.2) is 8.78 Å². The number of benzene rings is 1. The van der Waals surface area contributed by atoms with Crippen molar-refractivity contribution >= 4 is 5.69 Å². The van der Waals surface area contributed by atoms with Crippen molar-refractivity contribution in [3.8, 4) is 6.07 Å². The molecule has 0 amide bonds. The maximum atomic E-state index is 14.8. The smallest absolute Gasteiger partial charge is 0.150 e. The van der Waals surface area contributed by atoms with E-state index < -0.39 is 11.6 Å². The molecule has 1 aliphatic heterocycles. The van der Waals surface area contributed by atoms with E-state index >= 15 is 0 Å². The summed E-state index contributed by atoms with van der Waals surface area (Å²) in [7, 11) is 0. The van der Waals surface area contributed by atoms with Crippen LogP contribution in [0.15, 0.2) is 12.1 Å². The van der Waals surface area contributed by atoms with E-state index in [4.69, 9.17) is 5.26 Å². The molecular formula is C24H34F2N2. The van der Waals surface area contributed by atoms with Crippen LogP contribution in [-0.2, 0) is 0 Å². The van der Waals surface area contributed by atoms with Gasteiger partial charge in [0, 0.05) is 12.6 Å². The summed E-state index contributed by atoms with van der Waals surface area (Å²) >= 11 is 0. The van der Waals surface area contributed by atoms with Gasteiger partial charge < -0.3 is 4.90 Å². The van der Waals surface area contributed by atoms with Gasteiger partial charge in [-0.2, -0.15) is 5.26 Å². The van der Waals surface area contributed by atoms with Gasteiger partial charge in [-0.05, 0) is 43.7 Å². The third-order valence-electron chi connectivity index (χ3n) is 6.69. The average Bonchev–Trinajstić information content (AvgIpc) is 2.92. The van der Waals surface area contributed by atoms with Gasteiger partial charge in [0.15, 0.2) is 11.6 Å². The molecular weight excluding hydrogens is 354 g/mol. The molecule has 0 N–H and O–H groups in total. The lowest BCUT2D eigenvalue weighted by atomic mass is 9.93. The van der Waals surface area contributed by atoms with Gasteiger partial charge in [-0.3, -0.25) is 0 Å². The first-order valence-electron chi connectivity index (χ1n) is 11.3. The topological polar surface area (TPSA) is 27.0 Å². The maximum absolute atomic E-state index is 14.8. The molecule has 0 radical (unpaired) electrons. The Morgan fingerprint density at radius 3 is 2.04 bits per heavy atom. The van der Waals surface area contributed by atoms with Gasteiger partial charge in [0.25, 0.3) is 0 Å². The van der Waals surface area contributed by atoms with Crippen LogP contribution in [0.1, 0.15) is 95.5 Å². The Morgan fingerprint density at radius 1 is 0.750 bits per heavy atom. The van der Waals surface area contributed by atoms with Crippen molar-refractivity contribution in [2.45, 2.75) is 95.9 Å². The molecule has 2 unspecified atom stereocenters. The zero-order valence-electron chi connectivity index (χ0n) is 17.1. The third kappa shape index (κ3) is 5.69. The summed E-state index contributed by atoms with van der Waals surface area (Å²) < 4.78 is 29.6. The van der Waals surface area contributed by atoms with Gasteiger partial charge in [0.2, 0.25) is 0 Å². The van der Waals surface area contributed by atoms with Crippen molar-refractivity contribution in [3.05, 3.63) is 29.3 Å². The molecule has 1 aromatic carbocycles. The van der Waals surface area contributed by atoms with E-state index in [1.165, 1.54) is 69.9 Å². The quantitative estimate of drug-likeness (QED) is 0.512. The minimum absolute atomic E-state index is 0.0537. The molecule has 4 heteroatoms. The Kier molecular flexibility index (Phi) is 8.13. The van der Waals surface area contributed by atoms with Crippen LogP contribution in [0.3, 0.4) is 0 Å². The number of anilines is 1. The third-order valence-corrected chi connectivity index (χ3v) is 6.69. The monoisotopic (exact) mass is 388 g/mol. The highest BCUT2D eigenvalue weighted by Crippen LogP contribution is 2.35. The highest BCUT2D eigenvalue weighted by molar-refractivity contribution is 5.53. The predicted octanol–water partition coefficient (Wildman–Crippen LogP) is 7.12. The van der Waals surface area contributed by atoms with Crippen LogP contribution in [0.4, 0.5) is 14.5 Å². The van der Waals surface area contributed by atoms with Crippen molar-refractivity contribution in [2.75, 3.05) is 11.4 Å². The van der Waals surface area contributed by atoms with E-state index in [2.05, 4.69) is 0 Å². The molecule has 2 bridgehead atoms. The average molecular weight is 389 g/mol. The lowest BCUT2D eigenvalue weighted by Crippen LogP contribution is -2.37. The van der Waals surface area contributed by atoms with Crippen LogP contribution in [0, 0.1) is 28.9 Å². The molecule has 0 spiro atoms. The lowest BCUT2D eigenvalue weighted by molar-refractivity contribution is 0.401. The van der Waals surface area contributed by atoms with Crippen LogP contribution in [0.5, 0.6) is 0 Å². The Morgan fingerprint density at radius 2 is 1.36 bits per heavy atom. The van der Waals surface area contributed by atoms with E-state index in [0.29, 0.717) is 6.54 Å². The Balaban J connectivity index is 1.82. The molecule has 0 aromatic heterocycles. The first kappa shape index (κ1) is 21.1. The van der Waals surface area contributed by atoms with Gasteiger partial charge in [-0.15, -0.1) is 0 Å². The fraction of sp³-hybridized carbons (Fsp3) is 0.708. The first-order chi connectivity index (χ1) is 13.7. The summed E-state index contributed by atoms with van der Waals surface area (Å²) in [5, 5.41) is 9.01. The van der Waals surface area contributed by atoms with Crippen LogP contribution in [0.2, 0.25) is 0 Å². The van der Waals surface area contributed by atoms with Crippen molar-refractivity contribution in [1.29, 1.82) is 5.26 Å². The molecule has 3 rings (SSSR count). The number of halogens is 2. The standard InChI is InChI=1S/C24H34F2N2/c25-22-16-20(18-27)17-23(26)24(22)28-15-8-6-4-2-1-3-5-7-10-19-11-9-12-21(28)14-13-19/h16-17,19,21H,1-15H2. The van der Waals surface area contributed by atoms with Crippen LogP contribution < -0.4 is 4.90 Å². The molecule has 2 fully saturated rings. The Hall–Kier alpha value is -1.63. The van der Waals surface area contributed by atoms with Crippen LogP contribution >= 0.6 is 0 Å². The van der Waals surface area contributed by atoms with E-state index in [1.54, 1.807) is 0 Å². The summed E-state index contributed by atoms with van der Waals surface area (Å²) in [4.78, 5) is 2.01. The van der Waals surface area contributed by atoms with Crippen molar-refractivity contribution < 1.29 is 8.78 Å². The molecule has 28 heavy (non-hydrogen) atoms. The van der Waals surface area contributed by atoms with E-state index in [1.807, 2.05) is 11.0 Å². The van der Waals surface area contributed by atoms with E-state index in [0.717, 1.165) is 38.0 Å². The lowest BCUT2D eigenvalue weighted by Gasteiger charge is -2.34. The summed E-state index contributed by atoms with van der Waals surface area (Å²) in [6.45, 7) is 0.703. The largest absolute Gasteiger partial charge is 0.364 e. The maximum Gasteiger partial charge on any atom is 0.150 e. The second-order valence-electron chi connectivity index (χ2n) is 8.74. The van der Waals surface area contributed by atoms with Crippen LogP contribution in [0.25, 0.3) is 0 Å². The van der Waals surface area contributed by atoms with Gasteiger partial charge in [-0.1, -0.05) is 64.2 Å². The van der Waals surface area contributed by atoms with Gasteiger partial charge in [0.05, 0.1) is 11.6 Å². The van der Waals surface area contributed by atoms with Crippen molar-refractivity contribution in [3.63, 3.8) is 0 Å². The van der Waals surface area contributed by atoms with Crippen LogP contribution in [-0.4, -0.2) is 12.6 Å². The number of nitriles is 1. The molecule has 1 saturated carbocycles. The summed E-state index contributed by atoms with van der Waals surface area (Å²) in [5.74, 6) is -0.404. The zero-order chi connectivity index (χ0) is 19.8. The zero-order valence-corrected chi connectivity index (χ0v) is 17.1. The van der Waals surface area contributed by atoms with Crippen molar-refractivity contribution in [1.82, 2.24) is 0 Å². The molecule has 1 aromatic rings. The second kappa shape index (κ2) is 10.8.